The fraction of sp³-hybridized carbons (Fsp3) is 0.421. The van der Waals surface area contributed by atoms with Gasteiger partial charge in [-0.1, -0.05) is 6.07 Å². The van der Waals surface area contributed by atoms with Gasteiger partial charge in [-0.3, -0.25) is 9.88 Å². The number of imidazole rings is 1. The average Bonchev–Trinajstić information content (AvgIpc) is 3.20. The van der Waals surface area contributed by atoms with E-state index in [1.807, 2.05) is 30.3 Å². The van der Waals surface area contributed by atoms with Gasteiger partial charge in [0, 0.05) is 57.1 Å². The summed E-state index contributed by atoms with van der Waals surface area (Å²) in [7, 11) is -3.22. The van der Waals surface area contributed by atoms with Crippen molar-refractivity contribution in [2.24, 2.45) is 0 Å². The standard InChI is InChI=1S/C19H24N6O2S2/c26-29(27,15-3-14-28-19-6-5-18-21-8-9-25(18)22-19)24-12-10-23(11-13-24)16-17-4-1-2-7-20-17/h1-2,4-9H,3,10-16H2. The van der Waals surface area contributed by atoms with Crippen LogP contribution in [0.3, 0.4) is 0 Å². The molecule has 1 aliphatic rings. The number of piperazine rings is 1. The number of rotatable bonds is 8. The van der Waals surface area contributed by atoms with E-state index in [4.69, 9.17) is 0 Å². The molecule has 4 rings (SSSR count). The minimum atomic E-state index is -3.22. The summed E-state index contributed by atoms with van der Waals surface area (Å²) in [5.41, 5.74) is 1.82. The average molecular weight is 433 g/mol. The predicted octanol–water partition coefficient (Wildman–Crippen LogP) is 1.75. The van der Waals surface area contributed by atoms with Gasteiger partial charge in [0.1, 0.15) is 5.03 Å². The van der Waals surface area contributed by atoms with E-state index >= 15 is 0 Å². The number of hydrogen-bond acceptors (Lipinski definition) is 7. The molecule has 0 bridgehead atoms. The normalized spacial score (nSPS) is 16.4. The molecular formula is C19H24N6O2S2. The van der Waals surface area contributed by atoms with Crippen molar-refractivity contribution in [3.63, 3.8) is 0 Å². The maximum Gasteiger partial charge on any atom is 0.214 e. The molecule has 29 heavy (non-hydrogen) atoms. The second-order valence-electron chi connectivity index (χ2n) is 6.92. The lowest BCUT2D eigenvalue weighted by Crippen LogP contribution is -2.48. The molecule has 0 saturated carbocycles. The summed E-state index contributed by atoms with van der Waals surface area (Å²) < 4.78 is 28.7. The van der Waals surface area contributed by atoms with Crippen molar-refractivity contribution in [2.75, 3.05) is 37.7 Å². The van der Waals surface area contributed by atoms with Gasteiger partial charge >= 0.3 is 0 Å². The molecule has 0 spiro atoms. The van der Waals surface area contributed by atoms with E-state index in [1.54, 1.807) is 39.2 Å². The fourth-order valence-electron chi connectivity index (χ4n) is 3.31. The molecule has 0 radical (unpaired) electrons. The van der Waals surface area contributed by atoms with Crippen molar-refractivity contribution in [3.05, 3.63) is 54.6 Å². The Bertz CT molecular complexity index is 1030. The first-order valence-electron chi connectivity index (χ1n) is 9.63. The van der Waals surface area contributed by atoms with E-state index in [2.05, 4.69) is 20.0 Å². The van der Waals surface area contributed by atoms with Crippen LogP contribution in [-0.4, -0.2) is 74.9 Å². The van der Waals surface area contributed by atoms with Gasteiger partial charge in [-0.25, -0.2) is 17.9 Å². The van der Waals surface area contributed by atoms with Crippen molar-refractivity contribution in [3.8, 4) is 0 Å². The number of thioether (sulfide) groups is 1. The quantitative estimate of drug-likeness (QED) is 0.396. The van der Waals surface area contributed by atoms with Crippen molar-refractivity contribution < 1.29 is 8.42 Å². The third kappa shape index (κ3) is 5.33. The maximum absolute atomic E-state index is 12.7. The summed E-state index contributed by atoms with van der Waals surface area (Å²) in [6.45, 7) is 3.32. The van der Waals surface area contributed by atoms with Crippen LogP contribution in [0.2, 0.25) is 0 Å². The Hall–Kier alpha value is -2.01. The monoisotopic (exact) mass is 432 g/mol. The van der Waals surface area contributed by atoms with Crippen LogP contribution >= 0.6 is 11.8 Å². The molecule has 4 heterocycles. The van der Waals surface area contributed by atoms with Gasteiger partial charge in [0.05, 0.1) is 11.4 Å². The van der Waals surface area contributed by atoms with Gasteiger partial charge in [0.25, 0.3) is 0 Å². The summed E-state index contributed by atoms with van der Waals surface area (Å²) in [6.07, 6.45) is 5.90. The van der Waals surface area contributed by atoms with Gasteiger partial charge in [-0.05, 0) is 30.7 Å². The van der Waals surface area contributed by atoms with Crippen LogP contribution in [0.1, 0.15) is 12.1 Å². The molecule has 0 amide bonds. The van der Waals surface area contributed by atoms with E-state index in [0.717, 1.165) is 36.0 Å². The second kappa shape index (κ2) is 9.21. The van der Waals surface area contributed by atoms with Crippen LogP contribution in [0.15, 0.2) is 53.9 Å². The van der Waals surface area contributed by atoms with E-state index in [0.29, 0.717) is 25.3 Å². The fourth-order valence-corrected chi connectivity index (χ4v) is 5.79. The van der Waals surface area contributed by atoms with Crippen LogP contribution in [-0.2, 0) is 16.6 Å². The molecule has 1 aliphatic heterocycles. The third-order valence-corrected chi connectivity index (χ3v) is 7.83. The molecule has 1 fully saturated rings. The topological polar surface area (TPSA) is 83.7 Å². The van der Waals surface area contributed by atoms with Crippen molar-refractivity contribution in [2.45, 2.75) is 18.0 Å². The van der Waals surface area contributed by atoms with Crippen LogP contribution in [0.5, 0.6) is 0 Å². The summed E-state index contributed by atoms with van der Waals surface area (Å²) >= 11 is 1.57. The van der Waals surface area contributed by atoms with E-state index < -0.39 is 10.0 Å². The number of fused-ring (bicyclic) bond motifs is 1. The zero-order valence-corrected chi connectivity index (χ0v) is 17.7. The highest BCUT2D eigenvalue weighted by Crippen LogP contribution is 2.18. The lowest BCUT2D eigenvalue weighted by molar-refractivity contribution is 0.180. The predicted molar refractivity (Wildman–Crippen MR) is 113 cm³/mol. The van der Waals surface area contributed by atoms with Crippen LogP contribution in [0.4, 0.5) is 0 Å². The Morgan fingerprint density at radius 2 is 1.86 bits per heavy atom. The van der Waals surface area contributed by atoms with E-state index in [-0.39, 0.29) is 5.75 Å². The molecule has 0 N–H and O–H groups in total. The maximum atomic E-state index is 12.7. The first kappa shape index (κ1) is 20.3. The molecule has 3 aromatic heterocycles. The molecular weight excluding hydrogens is 408 g/mol. The zero-order chi connectivity index (χ0) is 20.1. The van der Waals surface area contributed by atoms with E-state index in [9.17, 15) is 8.42 Å². The molecule has 10 heteroatoms. The SMILES string of the molecule is O=S(=O)(CCCSc1ccc2nccn2n1)N1CCN(Cc2ccccn2)CC1. The Balaban J connectivity index is 1.21. The summed E-state index contributed by atoms with van der Waals surface area (Å²) in [6, 6.07) is 9.71. The number of hydrogen-bond donors (Lipinski definition) is 0. The van der Waals surface area contributed by atoms with Gasteiger partial charge in [-0.2, -0.15) is 9.40 Å². The van der Waals surface area contributed by atoms with Crippen molar-refractivity contribution >= 4 is 27.4 Å². The number of sulfonamides is 1. The zero-order valence-electron chi connectivity index (χ0n) is 16.1. The Morgan fingerprint density at radius 1 is 1.00 bits per heavy atom. The smallest absolute Gasteiger partial charge is 0.214 e. The first-order valence-corrected chi connectivity index (χ1v) is 12.2. The molecule has 8 nitrogen and oxygen atoms in total. The second-order valence-corrected chi connectivity index (χ2v) is 10.1. The van der Waals surface area contributed by atoms with Gasteiger partial charge in [0.2, 0.25) is 10.0 Å². The van der Waals surface area contributed by atoms with Crippen LogP contribution in [0, 0.1) is 0 Å². The number of nitrogens with zero attached hydrogens (tertiary/aromatic N) is 6. The van der Waals surface area contributed by atoms with Gasteiger partial charge in [0.15, 0.2) is 5.65 Å². The van der Waals surface area contributed by atoms with E-state index in [1.165, 1.54) is 0 Å². The third-order valence-electron chi connectivity index (χ3n) is 4.86. The minimum absolute atomic E-state index is 0.174. The highest BCUT2D eigenvalue weighted by Gasteiger charge is 2.26. The van der Waals surface area contributed by atoms with Crippen LogP contribution < -0.4 is 0 Å². The summed E-state index contributed by atoms with van der Waals surface area (Å²) in [5.74, 6) is 0.889. The highest BCUT2D eigenvalue weighted by atomic mass is 32.2. The first-order chi connectivity index (χ1) is 14.1. The lowest BCUT2D eigenvalue weighted by Gasteiger charge is -2.33. The number of pyridine rings is 1. The molecule has 3 aromatic rings. The summed E-state index contributed by atoms with van der Waals surface area (Å²) in [5, 5.41) is 5.32. The molecule has 0 atom stereocenters. The Labute approximate surface area is 175 Å². The molecule has 1 saturated heterocycles. The molecule has 154 valence electrons. The van der Waals surface area contributed by atoms with Gasteiger partial charge in [-0.15, -0.1) is 11.8 Å². The lowest BCUT2D eigenvalue weighted by atomic mass is 10.3. The molecule has 0 aliphatic carbocycles. The Morgan fingerprint density at radius 3 is 2.66 bits per heavy atom. The Kier molecular flexibility index (Phi) is 6.43. The van der Waals surface area contributed by atoms with Crippen LogP contribution in [0.25, 0.3) is 5.65 Å². The van der Waals surface area contributed by atoms with Crippen molar-refractivity contribution in [1.29, 1.82) is 0 Å². The van der Waals surface area contributed by atoms with Crippen molar-refractivity contribution in [1.82, 2.24) is 28.8 Å². The summed E-state index contributed by atoms with van der Waals surface area (Å²) in [4.78, 5) is 10.8. The molecule has 0 aromatic carbocycles. The highest BCUT2D eigenvalue weighted by molar-refractivity contribution is 7.99. The van der Waals surface area contributed by atoms with Gasteiger partial charge < -0.3 is 0 Å². The largest absolute Gasteiger partial charge is 0.295 e. The molecule has 0 unspecified atom stereocenters. The minimum Gasteiger partial charge on any atom is -0.295 e. The number of aromatic nitrogens is 4.